The van der Waals surface area contributed by atoms with Gasteiger partial charge in [0.2, 0.25) is 5.91 Å². The first-order chi connectivity index (χ1) is 13.0. The molecule has 1 aliphatic rings. The predicted octanol–water partition coefficient (Wildman–Crippen LogP) is 3.24. The molecule has 0 fully saturated rings. The van der Waals surface area contributed by atoms with E-state index in [0.29, 0.717) is 17.5 Å². The van der Waals surface area contributed by atoms with Gasteiger partial charge in [-0.1, -0.05) is 6.92 Å². The Morgan fingerprint density at radius 1 is 1.37 bits per heavy atom. The molecule has 2 heterocycles. The summed E-state index contributed by atoms with van der Waals surface area (Å²) in [4.78, 5) is 27.9. The number of hydrogen-bond donors (Lipinski definition) is 1. The Labute approximate surface area is 155 Å². The molecule has 1 aliphatic carbocycles. The molecule has 0 unspecified atom stereocenters. The molecule has 0 bridgehead atoms. The van der Waals surface area contributed by atoms with E-state index < -0.39 is 11.6 Å². The fraction of sp³-hybridized carbons (Fsp3) is 0.350. The highest BCUT2D eigenvalue weighted by Crippen LogP contribution is 2.37. The van der Waals surface area contributed by atoms with E-state index >= 15 is 4.39 Å². The molecule has 1 atom stereocenters. The molecule has 0 aliphatic heterocycles. The van der Waals surface area contributed by atoms with Gasteiger partial charge < -0.3 is 9.73 Å². The van der Waals surface area contributed by atoms with E-state index in [1.54, 1.807) is 24.5 Å². The molecule has 0 radical (unpaired) electrons. The van der Waals surface area contributed by atoms with Crippen molar-refractivity contribution in [2.75, 3.05) is 0 Å². The largest absolute Gasteiger partial charge is 0.419 e. The summed E-state index contributed by atoms with van der Waals surface area (Å²) in [5.41, 5.74) is 3.35. The molecule has 0 saturated carbocycles. The molecule has 27 heavy (non-hydrogen) atoms. The molecule has 2 aromatic heterocycles. The third kappa shape index (κ3) is 2.83. The Balaban J connectivity index is 1.87. The molecular formula is C20H20FN3O3. The van der Waals surface area contributed by atoms with Crippen LogP contribution in [-0.2, 0) is 18.3 Å². The fourth-order valence-corrected chi connectivity index (χ4v) is 3.80. The zero-order valence-electron chi connectivity index (χ0n) is 15.2. The maximum atomic E-state index is 15.2. The number of halogens is 1. The fourth-order valence-electron chi connectivity index (χ4n) is 3.80. The zero-order chi connectivity index (χ0) is 19.1. The average Bonchev–Trinajstić information content (AvgIpc) is 2.97. The van der Waals surface area contributed by atoms with Gasteiger partial charge >= 0.3 is 5.76 Å². The van der Waals surface area contributed by atoms with E-state index in [1.807, 2.05) is 6.92 Å². The maximum Gasteiger partial charge on any atom is 0.419 e. The highest BCUT2D eigenvalue weighted by atomic mass is 19.1. The number of aromatic nitrogens is 2. The van der Waals surface area contributed by atoms with E-state index in [-0.39, 0.29) is 23.0 Å². The second-order valence-corrected chi connectivity index (χ2v) is 6.82. The number of oxazole rings is 1. The van der Waals surface area contributed by atoms with Gasteiger partial charge in [-0.2, -0.15) is 0 Å². The average molecular weight is 369 g/mol. The van der Waals surface area contributed by atoms with Crippen LogP contribution in [0.15, 0.2) is 33.7 Å². The minimum Gasteiger partial charge on any atom is -0.408 e. The van der Waals surface area contributed by atoms with Crippen molar-refractivity contribution in [3.05, 3.63) is 52.0 Å². The second-order valence-electron chi connectivity index (χ2n) is 6.82. The standard InChI is InChI=1S/C20H20FN3O3/c1-3-17(25)23-15-6-4-5-11-13(9-22-10-14(11)15)12-7-8-16-19(18(12)21)24(2)20(26)27-16/h7-10,15H,3-6H2,1-2H3,(H,23,25)/t15-/m1/s1. The Bertz CT molecular complexity index is 1100. The van der Waals surface area contributed by atoms with E-state index in [1.165, 1.54) is 11.6 Å². The normalized spacial score (nSPS) is 16.3. The van der Waals surface area contributed by atoms with Crippen molar-refractivity contribution in [3.63, 3.8) is 0 Å². The number of nitrogens with one attached hydrogen (secondary N) is 1. The molecule has 0 spiro atoms. The van der Waals surface area contributed by atoms with Crippen molar-refractivity contribution in [1.82, 2.24) is 14.9 Å². The molecule has 6 nitrogen and oxygen atoms in total. The lowest BCUT2D eigenvalue weighted by atomic mass is 9.84. The van der Waals surface area contributed by atoms with Crippen molar-refractivity contribution < 1.29 is 13.6 Å². The summed E-state index contributed by atoms with van der Waals surface area (Å²) in [5, 5.41) is 3.03. The van der Waals surface area contributed by atoms with Gasteiger partial charge in [-0.05, 0) is 42.5 Å². The van der Waals surface area contributed by atoms with Crippen LogP contribution < -0.4 is 11.1 Å². The number of fused-ring (bicyclic) bond motifs is 2. The molecule has 7 heteroatoms. The van der Waals surface area contributed by atoms with Gasteiger partial charge in [-0.25, -0.2) is 9.18 Å². The summed E-state index contributed by atoms with van der Waals surface area (Å²) in [7, 11) is 1.48. The summed E-state index contributed by atoms with van der Waals surface area (Å²) in [6, 6.07) is 3.11. The van der Waals surface area contributed by atoms with E-state index in [2.05, 4.69) is 10.3 Å². The van der Waals surface area contributed by atoms with Crippen LogP contribution in [-0.4, -0.2) is 15.5 Å². The Morgan fingerprint density at radius 3 is 2.96 bits per heavy atom. The topological polar surface area (TPSA) is 77.1 Å². The van der Waals surface area contributed by atoms with Crippen LogP contribution in [0, 0.1) is 5.82 Å². The number of pyridine rings is 1. The van der Waals surface area contributed by atoms with Gasteiger partial charge in [0.05, 0.1) is 6.04 Å². The van der Waals surface area contributed by atoms with E-state index in [4.69, 9.17) is 4.42 Å². The van der Waals surface area contributed by atoms with Crippen LogP contribution in [0.25, 0.3) is 22.2 Å². The van der Waals surface area contributed by atoms with E-state index in [0.717, 1.165) is 30.4 Å². The smallest absolute Gasteiger partial charge is 0.408 e. The highest BCUT2D eigenvalue weighted by molar-refractivity contribution is 5.83. The van der Waals surface area contributed by atoms with Gasteiger partial charge in [0.25, 0.3) is 0 Å². The van der Waals surface area contributed by atoms with Gasteiger partial charge in [0.15, 0.2) is 11.4 Å². The number of hydrogen-bond acceptors (Lipinski definition) is 4. The summed E-state index contributed by atoms with van der Waals surface area (Å²) >= 11 is 0. The highest BCUT2D eigenvalue weighted by Gasteiger charge is 2.26. The Kier molecular flexibility index (Phi) is 4.30. The van der Waals surface area contributed by atoms with Crippen LogP contribution in [0.1, 0.15) is 43.4 Å². The van der Waals surface area contributed by atoms with E-state index in [9.17, 15) is 9.59 Å². The first-order valence-electron chi connectivity index (χ1n) is 9.05. The van der Waals surface area contributed by atoms with Crippen molar-refractivity contribution in [3.8, 4) is 11.1 Å². The number of benzene rings is 1. The molecule has 0 saturated heterocycles. The summed E-state index contributed by atoms with van der Waals surface area (Å²) in [6.07, 6.45) is 6.33. The first kappa shape index (κ1) is 17.5. The SMILES string of the molecule is CCC(=O)N[C@@H]1CCCc2c(-c3ccc4oc(=O)n(C)c4c3F)cncc21. The first-order valence-corrected chi connectivity index (χ1v) is 9.05. The lowest BCUT2D eigenvalue weighted by Gasteiger charge is -2.27. The van der Waals surface area contributed by atoms with Crippen LogP contribution >= 0.6 is 0 Å². The second kappa shape index (κ2) is 6.64. The molecule has 4 rings (SSSR count). The van der Waals surface area contributed by atoms with Crippen LogP contribution in [0.4, 0.5) is 4.39 Å². The van der Waals surface area contributed by atoms with Crippen molar-refractivity contribution in [1.29, 1.82) is 0 Å². The third-order valence-corrected chi connectivity index (χ3v) is 5.22. The van der Waals surface area contributed by atoms with Gasteiger partial charge in [0, 0.05) is 37.0 Å². The van der Waals surface area contributed by atoms with Crippen LogP contribution in [0.3, 0.4) is 0 Å². The quantitative estimate of drug-likeness (QED) is 0.769. The van der Waals surface area contributed by atoms with Crippen molar-refractivity contribution in [2.24, 2.45) is 7.05 Å². The van der Waals surface area contributed by atoms with Gasteiger partial charge in [-0.3, -0.25) is 14.3 Å². The molecule has 1 amide bonds. The summed E-state index contributed by atoms with van der Waals surface area (Å²) in [5.74, 6) is -1.12. The number of rotatable bonds is 3. The number of carbonyl (C=O) groups excluding carboxylic acids is 1. The molecular weight excluding hydrogens is 349 g/mol. The zero-order valence-corrected chi connectivity index (χ0v) is 15.2. The Hall–Kier alpha value is -2.96. The molecule has 140 valence electrons. The Morgan fingerprint density at radius 2 is 2.19 bits per heavy atom. The summed E-state index contributed by atoms with van der Waals surface area (Å²) < 4.78 is 21.5. The predicted molar refractivity (Wildman–Crippen MR) is 98.8 cm³/mol. The monoisotopic (exact) mass is 369 g/mol. The number of aryl methyl sites for hydroxylation is 1. The number of carbonyl (C=O) groups is 1. The molecule has 1 N–H and O–H groups in total. The van der Waals surface area contributed by atoms with Crippen molar-refractivity contribution in [2.45, 2.75) is 38.6 Å². The van der Waals surface area contributed by atoms with Crippen LogP contribution in [0.2, 0.25) is 0 Å². The van der Waals surface area contributed by atoms with Gasteiger partial charge in [-0.15, -0.1) is 0 Å². The number of nitrogens with zero attached hydrogens (tertiary/aromatic N) is 2. The minimum atomic E-state index is -0.600. The van der Waals surface area contributed by atoms with Crippen molar-refractivity contribution >= 4 is 17.0 Å². The summed E-state index contributed by atoms with van der Waals surface area (Å²) in [6.45, 7) is 1.81. The lowest BCUT2D eigenvalue weighted by molar-refractivity contribution is -0.121. The third-order valence-electron chi connectivity index (χ3n) is 5.22. The molecule has 1 aromatic carbocycles. The minimum absolute atomic E-state index is 0.0146. The van der Waals surface area contributed by atoms with Crippen LogP contribution in [0.5, 0.6) is 0 Å². The van der Waals surface area contributed by atoms with Gasteiger partial charge in [0.1, 0.15) is 5.52 Å². The lowest BCUT2D eigenvalue weighted by Crippen LogP contribution is -2.30. The maximum absolute atomic E-state index is 15.2. The molecule has 3 aromatic rings. The number of amides is 1.